The van der Waals surface area contributed by atoms with E-state index in [4.69, 9.17) is 22.9 Å². The number of carbonyl (C=O) groups is 8. The Morgan fingerprint density at radius 1 is 0.541 bits per heavy atom. The van der Waals surface area contributed by atoms with Crippen LogP contribution in [0.15, 0.2) is 60.7 Å². The highest BCUT2D eigenvalue weighted by atomic mass is 16.2. The molecular weight excluding hydrogens is 785 g/mol. The van der Waals surface area contributed by atoms with Gasteiger partial charge in [-0.25, -0.2) is 0 Å². The van der Waals surface area contributed by atoms with Crippen LogP contribution in [0.2, 0.25) is 0 Å². The standard InChI is InChI=1S/C43H66N10O8/c1-25(2)22-32(50-39(57)30(45)18-12-13-21-44)42(60)53-36(26(3)4)43(61)52-34(24-29-16-10-7-11-17-29)41(59)51-33(23-28-14-8-6-9-15-28)40(58)48-27(5)38(56)49-31(37(47)55)19-20-35(46)54/h6-11,14-17,25-27,30-34,36H,12-13,18-24,44-45H2,1-5H3,(H2,46,54)(H2,47,55)(H,48,58)(H,49,56)(H,50,57)(H,51,59)(H,52,61)(H,53,60)/t27-,30-,31-,32-,33-,34-,36-/m1/s1. The van der Waals surface area contributed by atoms with Gasteiger partial charge in [0.2, 0.25) is 47.3 Å². The summed E-state index contributed by atoms with van der Waals surface area (Å²) in [4.78, 5) is 105. The van der Waals surface area contributed by atoms with Crippen molar-refractivity contribution in [2.45, 2.75) is 128 Å². The Morgan fingerprint density at radius 2 is 1.02 bits per heavy atom. The van der Waals surface area contributed by atoms with Crippen molar-refractivity contribution in [1.82, 2.24) is 31.9 Å². The van der Waals surface area contributed by atoms with Crippen LogP contribution in [0, 0.1) is 11.8 Å². The molecule has 2 rings (SSSR count). The number of hydrogen-bond acceptors (Lipinski definition) is 10. The van der Waals surface area contributed by atoms with E-state index in [0.29, 0.717) is 36.9 Å². The minimum atomic E-state index is -1.26. The Hall–Kier alpha value is -5.88. The molecule has 0 saturated heterocycles. The third-order valence-corrected chi connectivity index (χ3v) is 9.82. The number of primary amides is 2. The van der Waals surface area contributed by atoms with Gasteiger partial charge in [-0.3, -0.25) is 38.4 Å². The minimum absolute atomic E-state index is 0.00352. The monoisotopic (exact) mass is 851 g/mol. The van der Waals surface area contributed by atoms with E-state index in [-0.39, 0.29) is 38.0 Å². The van der Waals surface area contributed by atoms with Crippen molar-refractivity contribution in [1.29, 1.82) is 0 Å². The second kappa shape index (κ2) is 26.4. The number of nitrogens with one attached hydrogen (secondary N) is 6. The lowest BCUT2D eigenvalue weighted by Crippen LogP contribution is -2.61. The zero-order valence-electron chi connectivity index (χ0n) is 35.9. The van der Waals surface area contributed by atoms with E-state index in [1.165, 1.54) is 6.92 Å². The summed E-state index contributed by atoms with van der Waals surface area (Å²) in [6, 6.07) is 9.73. The molecule has 0 aromatic heterocycles. The average molecular weight is 851 g/mol. The largest absolute Gasteiger partial charge is 0.370 e. The molecule has 2 aromatic carbocycles. The highest BCUT2D eigenvalue weighted by Crippen LogP contribution is 2.12. The van der Waals surface area contributed by atoms with E-state index < -0.39 is 95.5 Å². The summed E-state index contributed by atoms with van der Waals surface area (Å²) in [6.07, 6.45) is 1.64. The first-order valence-electron chi connectivity index (χ1n) is 20.8. The molecule has 0 fully saturated rings. The van der Waals surface area contributed by atoms with E-state index in [2.05, 4.69) is 31.9 Å². The molecule has 0 spiro atoms. The second-order valence-electron chi connectivity index (χ2n) is 16.0. The molecule has 336 valence electrons. The summed E-state index contributed by atoms with van der Waals surface area (Å²) in [5.74, 6) is -6.09. The number of benzene rings is 2. The third-order valence-electron chi connectivity index (χ3n) is 9.82. The Kier molecular flexibility index (Phi) is 22.1. The molecule has 0 radical (unpaired) electrons. The molecule has 18 heteroatoms. The van der Waals surface area contributed by atoms with Gasteiger partial charge in [0, 0.05) is 19.3 Å². The van der Waals surface area contributed by atoms with Crippen molar-refractivity contribution >= 4 is 47.3 Å². The maximum Gasteiger partial charge on any atom is 0.243 e. The van der Waals surface area contributed by atoms with Gasteiger partial charge in [-0.1, -0.05) is 94.8 Å². The molecule has 0 aliphatic rings. The van der Waals surface area contributed by atoms with Crippen LogP contribution in [0.1, 0.15) is 84.3 Å². The summed E-state index contributed by atoms with van der Waals surface area (Å²) in [7, 11) is 0. The number of unbranched alkanes of at least 4 members (excludes halogenated alkanes) is 1. The summed E-state index contributed by atoms with van der Waals surface area (Å²) in [6.45, 7) is 9.06. The minimum Gasteiger partial charge on any atom is -0.370 e. The summed E-state index contributed by atoms with van der Waals surface area (Å²) in [5, 5.41) is 16.0. The zero-order valence-corrected chi connectivity index (χ0v) is 35.9. The van der Waals surface area contributed by atoms with E-state index >= 15 is 0 Å². The van der Waals surface area contributed by atoms with Crippen LogP contribution in [0.4, 0.5) is 0 Å². The Labute approximate surface area is 358 Å². The molecule has 0 saturated carbocycles. The van der Waals surface area contributed by atoms with Crippen molar-refractivity contribution in [3.8, 4) is 0 Å². The van der Waals surface area contributed by atoms with Crippen molar-refractivity contribution in [3.63, 3.8) is 0 Å². The van der Waals surface area contributed by atoms with Gasteiger partial charge in [0.25, 0.3) is 0 Å². The van der Waals surface area contributed by atoms with Gasteiger partial charge in [-0.05, 0) is 62.1 Å². The van der Waals surface area contributed by atoms with Crippen molar-refractivity contribution in [2.24, 2.45) is 34.8 Å². The Balaban J connectivity index is 2.37. The molecule has 0 unspecified atom stereocenters. The quantitative estimate of drug-likeness (QED) is 0.0505. The molecule has 0 aliphatic heterocycles. The zero-order chi connectivity index (χ0) is 45.6. The second-order valence-corrected chi connectivity index (χ2v) is 16.0. The van der Waals surface area contributed by atoms with Gasteiger partial charge < -0.3 is 54.8 Å². The van der Waals surface area contributed by atoms with Crippen LogP contribution in [-0.2, 0) is 51.2 Å². The fraction of sp³-hybridized carbons (Fsp3) is 0.535. The summed E-state index contributed by atoms with van der Waals surface area (Å²) >= 11 is 0. The van der Waals surface area contributed by atoms with Gasteiger partial charge in [-0.2, -0.15) is 0 Å². The van der Waals surface area contributed by atoms with Gasteiger partial charge in [0.15, 0.2) is 0 Å². The lowest BCUT2D eigenvalue weighted by Gasteiger charge is -2.29. The van der Waals surface area contributed by atoms with Gasteiger partial charge in [0.05, 0.1) is 6.04 Å². The first-order valence-corrected chi connectivity index (χ1v) is 20.8. The number of nitrogens with two attached hydrogens (primary N) is 4. The van der Waals surface area contributed by atoms with Crippen LogP contribution in [-0.4, -0.2) is 96.1 Å². The normalized spacial score (nSPS) is 14.6. The molecule has 7 atom stereocenters. The molecular formula is C43H66N10O8. The van der Waals surface area contributed by atoms with Crippen LogP contribution in [0.25, 0.3) is 0 Å². The van der Waals surface area contributed by atoms with Crippen LogP contribution in [0.3, 0.4) is 0 Å². The number of carbonyl (C=O) groups excluding carboxylic acids is 8. The molecule has 0 heterocycles. The molecule has 14 N–H and O–H groups in total. The lowest BCUT2D eigenvalue weighted by molar-refractivity contribution is -0.136. The molecule has 0 aliphatic carbocycles. The fourth-order valence-corrected chi connectivity index (χ4v) is 6.31. The summed E-state index contributed by atoms with van der Waals surface area (Å²) < 4.78 is 0. The van der Waals surface area contributed by atoms with Crippen LogP contribution < -0.4 is 54.8 Å². The molecule has 2 aromatic rings. The van der Waals surface area contributed by atoms with Gasteiger partial charge >= 0.3 is 0 Å². The van der Waals surface area contributed by atoms with E-state index in [9.17, 15) is 38.4 Å². The van der Waals surface area contributed by atoms with Gasteiger partial charge in [0.1, 0.15) is 36.3 Å². The van der Waals surface area contributed by atoms with Crippen LogP contribution in [0.5, 0.6) is 0 Å². The van der Waals surface area contributed by atoms with E-state index in [1.807, 2.05) is 13.8 Å². The predicted octanol–water partition coefficient (Wildman–Crippen LogP) is -0.690. The smallest absolute Gasteiger partial charge is 0.243 e. The van der Waals surface area contributed by atoms with E-state index in [1.54, 1.807) is 74.5 Å². The topological polar surface area (TPSA) is 313 Å². The number of rotatable bonds is 27. The maximum atomic E-state index is 14.3. The van der Waals surface area contributed by atoms with E-state index in [0.717, 1.165) is 0 Å². The molecule has 8 amide bonds. The number of hydrogen-bond donors (Lipinski definition) is 10. The molecule has 18 nitrogen and oxygen atoms in total. The highest BCUT2D eigenvalue weighted by molar-refractivity contribution is 5.97. The fourth-order valence-electron chi connectivity index (χ4n) is 6.31. The third kappa shape index (κ3) is 18.9. The first-order chi connectivity index (χ1) is 28.8. The first kappa shape index (κ1) is 51.3. The highest BCUT2D eigenvalue weighted by Gasteiger charge is 2.34. The van der Waals surface area contributed by atoms with Gasteiger partial charge in [-0.15, -0.1) is 0 Å². The van der Waals surface area contributed by atoms with Crippen LogP contribution >= 0.6 is 0 Å². The Bertz CT molecular complexity index is 1760. The van der Waals surface area contributed by atoms with Crippen molar-refractivity contribution in [2.75, 3.05) is 6.54 Å². The Morgan fingerprint density at radius 3 is 1.49 bits per heavy atom. The maximum absolute atomic E-state index is 14.3. The number of amides is 8. The predicted molar refractivity (Wildman–Crippen MR) is 230 cm³/mol. The molecule has 61 heavy (non-hydrogen) atoms. The average Bonchev–Trinajstić information content (AvgIpc) is 3.20. The van der Waals surface area contributed by atoms with Crippen molar-refractivity contribution in [3.05, 3.63) is 71.8 Å². The molecule has 0 bridgehead atoms. The van der Waals surface area contributed by atoms with Crippen molar-refractivity contribution < 1.29 is 38.4 Å². The SMILES string of the molecule is CC(C)C[C@@H](NC(=O)[C@H](N)CCCCN)C(=O)N[C@@H](C(=O)N[C@H](Cc1ccccc1)C(=O)N[C@H](Cc1ccccc1)C(=O)N[C@H](C)C(=O)N[C@H](CCC(N)=O)C(N)=O)C(C)C. The summed E-state index contributed by atoms with van der Waals surface area (Å²) in [5.41, 5.74) is 23.6. The lowest BCUT2D eigenvalue weighted by atomic mass is 9.98.